The molecule has 0 aliphatic heterocycles. The molecular formula is C13H21NO3S. The molecule has 18 heavy (non-hydrogen) atoms. The smallest absolute Gasteiger partial charge is 0.241 e. The Bertz CT molecular complexity index is 500. The molecule has 0 spiro atoms. The lowest BCUT2D eigenvalue weighted by Gasteiger charge is -2.14. The topological polar surface area (TPSA) is 66.4 Å². The fourth-order valence-corrected chi connectivity index (χ4v) is 3.59. The highest BCUT2D eigenvalue weighted by molar-refractivity contribution is 7.89. The Morgan fingerprint density at radius 3 is 2.17 bits per heavy atom. The average molecular weight is 271 g/mol. The summed E-state index contributed by atoms with van der Waals surface area (Å²) in [6.07, 6.45) is 0. The Morgan fingerprint density at radius 2 is 1.72 bits per heavy atom. The first kappa shape index (κ1) is 15.1. The molecule has 1 unspecified atom stereocenters. The van der Waals surface area contributed by atoms with E-state index in [9.17, 15) is 8.42 Å². The van der Waals surface area contributed by atoms with E-state index in [0.717, 1.165) is 16.7 Å². The largest absolute Gasteiger partial charge is 0.396 e. The van der Waals surface area contributed by atoms with Gasteiger partial charge in [0.15, 0.2) is 0 Å². The zero-order valence-electron chi connectivity index (χ0n) is 11.3. The molecule has 0 bridgehead atoms. The predicted molar refractivity (Wildman–Crippen MR) is 72.1 cm³/mol. The van der Waals surface area contributed by atoms with Gasteiger partial charge in [0.2, 0.25) is 10.0 Å². The van der Waals surface area contributed by atoms with Crippen LogP contribution in [-0.2, 0) is 10.0 Å². The van der Waals surface area contributed by atoms with E-state index < -0.39 is 10.0 Å². The van der Waals surface area contributed by atoms with Crippen LogP contribution in [0.5, 0.6) is 0 Å². The molecular weight excluding hydrogens is 250 g/mol. The molecule has 0 amide bonds. The van der Waals surface area contributed by atoms with Crippen LogP contribution >= 0.6 is 0 Å². The summed E-state index contributed by atoms with van der Waals surface area (Å²) in [6, 6.07) is 3.72. The van der Waals surface area contributed by atoms with Gasteiger partial charge < -0.3 is 5.11 Å². The summed E-state index contributed by atoms with van der Waals surface area (Å²) in [6.45, 7) is 7.53. The molecule has 5 heteroatoms. The summed E-state index contributed by atoms with van der Waals surface area (Å²) in [4.78, 5) is 0.346. The number of benzene rings is 1. The summed E-state index contributed by atoms with van der Waals surface area (Å²) in [5.41, 5.74) is 2.54. The maximum absolute atomic E-state index is 12.2. The number of hydrogen-bond acceptors (Lipinski definition) is 3. The van der Waals surface area contributed by atoms with Gasteiger partial charge in [-0.3, -0.25) is 0 Å². The average Bonchev–Trinajstić information content (AvgIpc) is 2.24. The Kier molecular flexibility index (Phi) is 4.90. The van der Waals surface area contributed by atoms with E-state index in [0.29, 0.717) is 4.90 Å². The fraction of sp³-hybridized carbons (Fsp3) is 0.538. The monoisotopic (exact) mass is 271 g/mol. The molecule has 0 heterocycles. The fourth-order valence-electron chi connectivity index (χ4n) is 1.98. The molecule has 0 fully saturated rings. The van der Waals surface area contributed by atoms with Gasteiger partial charge in [-0.1, -0.05) is 24.6 Å². The normalized spacial score (nSPS) is 13.6. The van der Waals surface area contributed by atoms with Gasteiger partial charge in [-0.15, -0.1) is 0 Å². The van der Waals surface area contributed by atoms with Crippen molar-refractivity contribution in [3.05, 3.63) is 28.8 Å². The molecule has 0 saturated heterocycles. The molecule has 0 aliphatic rings. The van der Waals surface area contributed by atoms with Crippen LogP contribution in [0.15, 0.2) is 17.0 Å². The van der Waals surface area contributed by atoms with Crippen molar-refractivity contribution in [2.24, 2.45) is 5.92 Å². The number of sulfonamides is 1. The van der Waals surface area contributed by atoms with Crippen molar-refractivity contribution >= 4 is 10.0 Å². The van der Waals surface area contributed by atoms with Crippen LogP contribution in [-0.4, -0.2) is 26.7 Å². The standard InChI is InChI=1S/C13H21NO3S/c1-9-5-11(3)13(12(4)6-9)18(16,17)14-7-10(2)8-15/h5-6,10,14-15H,7-8H2,1-4H3. The number of aliphatic hydroxyl groups excluding tert-OH is 1. The van der Waals surface area contributed by atoms with E-state index in [1.165, 1.54) is 0 Å². The highest BCUT2D eigenvalue weighted by atomic mass is 32.2. The van der Waals surface area contributed by atoms with Gasteiger partial charge in [0.1, 0.15) is 0 Å². The second-order valence-corrected chi connectivity index (χ2v) is 6.57. The molecule has 0 saturated carbocycles. The Hall–Kier alpha value is -0.910. The highest BCUT2D eigenvalue weighted by Gasteiger charge is 2.20. The molecule has 1 aromatic carbocycles. The number of aryl methyl sites for hydroxylation is 3. The van der Waals surface area contributed by atoms with Crippen molar-refractivity contribution in [3.63, 3.8) is 0 Å². The maximum Gasteiger partial charge on any atom is 0.241 e. The first-order chi connectivity index (χ1) is 8.27. The first-order valence-corrected chi connectivity index (χ1v) is 7.44. The minimum Gasteiger partial charge on any atom is -0.396 e. The third kappa shape index (κ3) is 3.54. The van der Waals surface area contributed by atoms with Crippen molar-refractivity contribution in [2.45, 2.75) is 32.6 Å². The third-order valence-electron chi connectivity index (χ3n) is 2.81. The molecule has 0 aliphatic carbocycles. The quantitative estimate of drug-likeness (QED) is 0.853. The van der Waals surface area contributed by atoms with Gasteiger partial charge in [-0.25, -0.2) is 13.1 Å². The zero-order chi connectivity index (χ0) is 13.9. The van der Waals surface area contributed by atoms with E-state index in [1.54, 1.807) is 20.8 Å². The van der Waals surface area contributed by atoms with E-state index in [2.05, 4.69) is 4.72 Å². The van der Waals surface area contributed by atoms with E-state index in [4.69, 9.17) is 5.11 Å². The summed E-state index contributed by atoms with van der Waals surface area (Å²) >= 11 is 0. The van der Waals surface area contributed by atoms with Crippen molar-refractivity contribution < 1.29 is 13.5 Å². The minimum absolute atomic E-state index is 0.0334. The van der Waals surface area contributed by atoms with E-state index >= 15 is 0 Å². The molecule has 1 atom stereocenters. The van der Waals surface area contributed by atoms with Crippen molar-refractivity contribution in [2.75, 3.05) is 13.2 Å². The predicted octanol–water partition coefficient (Wildman–Crippen LogP) is 1.52. The second-order valence-electron chi connectivity index (χ2n) is 4.87. The summed E-state index contributed by atoms with van der Waals surface area (Å²) < 4.78 is 27.0. The van der Waals surface area contributed by atoms with Crippen molar-refractivity contribution in [1.82, 2.24) is 4.72 Å². The minimum atomic E-state index is -3.50. The lowest BCUT2D eigenvalue weighted by atomic mass is 10.1. The lowest BCUT2D eigenvalue weighted by Crippen LogP contribution is -2.30. The van der Waals surface area contributed by atoms with Gasteiger partial charge in [0.25, 0.3) is 0 Å². The number of hydrogen-bond donors (Lipinski definition) is 2. The molecule has 4 nitrogen and oxygen atoms in total. The number of rotatable bonds is 5. The molecule has 2 N–H and O–H groups in total. The van der Waals surface area contributed by atoms with Gasteiger partial charge in [-0.05, 0) is 37.8 Å². The first-order valence-electron chi connectivity index (χ1n) is 5.96. The van der Waals surface area contributed by atoms with Crippen molar-refractivity contribution in [3.8, 4) is 0 Å². The van der Waals surface area contributed by atoms with Crippen LogP contribution in [0.2, 0.25) is 0 Å². The molecule has 0 radical (unpaired) electrons. The van der Waals surface area contributed by atoms with Gasteiger partial charge in [-0.2, -0.15) is 0 Å². The van der Waals surface area contributed by atoms with Gasteiger partial charge >= 0.3 is 0 Å². The Labute approximate surface area is 109 Å². The van der Waals surface area contributed by atoms with Crippen LogP contribution in [0, 0.1) is 26.7 Å². The lowest BCUT2D eigenvalue weighted by molar-refractivity contribution is 0.238. The molecule has 0 aromatic heterocycles. The van der Waals surface area contributed by atoms with Crippen LogP contribution < -0.4 is 4.72 Å². The van der Waals surface area contributed by atoms with Crippen LogP contribution in [0.3, 0.4) is 0 Å². The molecule has 1 rings (SSSR count). The third-order valence-corrected chi connectivity index (χ3v) is 4.53. The Balaban J connectivity index is 3.06. The Morgan fingerprint density at radius 1 is 1.22 bits per heavy atom. The highest BCUT2D eigenvalue weighted by Crippen LogP contribution is 2.21. The second kappa shape index (κ2) is 5.82. The zero-order valence-corrected chi connectivity index (χ0v) is 12.1. The number of aliphatic hydroxyl groups is 1. The van der Waals surface area contributed by atoms with Crippen LogP contribution in [0.1, 0.15) is 23.6 Å². The maximum atomic E-state index is 12.2. The summed E-state index contributed by atoms with van der Waals surface area (Å²) in [5.74, 6) is -0.0918. The van der Waals surface area contributed by atoms with Gasteiger partial charge in [0.05, 0.1) is 4.90 Å². The van der Waals surface area contributed by atoms with Gasteiger partial charge in [0, 0.05) is 13.2 Å². The summed E-state index contributed by atoms with van der Waals surface area (Å²) in [5, 5.41) is 8.91. The molecule has 102 valence electrons. The summed E-state index contributed by atoms with van der Waals surface area (Å²) in [7, 11) is -3.50. The SMILES string of the molecule is Cc1cc(C)c(S(=O)(=O)NCC(C)CO)c(C)c1. The van der Waals surface area contributed by atoms with Crippen molar-refractivity contribution in [1.29, 1.82) is 0 Å². The molecule has 1 aromatic rings. The number of nitrogens with one attached hydrogen (secondary N) is 1. The van der Waals surface area contributed by atoms with Crippen LogP contribution in [0.4, 0.5) is 0 Å². The van der Waals surface area contributed by atoms with E-state index in [-0.39, 0.29) is 19.1 Å². The van der Waals surface area contributed by atoms with E-state index in [1.807, 2.05) is 19.1 Å². The van der Waals surface area contributed by atoms with Crippen LogP contribution in [0.25, 0.3) is 0 Å².